The molecule has 0 aliphatic heterocycles. The third-order valence-electron chi connectivity index (χ3n) is 2.83. The molecular formula is C13H24N2S. The smallest absolute Gasteiger partial charge is 0.109 e. The molecule has 1 unspecified atom stereocenters. The minimum Gasteiger partial charge on any atom is -0.308 e. The van der Waals surface area contributed by atoms with Gasteiger partial charge in [0.05, 0.1) is 6.04 Å². The topological polar surface area (TPSA) is 24.9 Å². The second kappa shape index (κ2) is 8.71. The number of unbranched alkanes of at least 4 members (excludes halogenated alkanes) is 4. The number of aromatic nitrogens is 1. The van der Waals surface area contributed by atoms with Crippen LogP contribution in [0.15, 0.2) is 11.6 Å². The molecular weight excluding hydrogens is 216 g/mol. The highest BCUT2D eigenvalue weighted by Crippen LogP contribution is 2.18. The van der Waals surface area contributed by atoms with Crippen LogP contribution in [0.25, 0.3) is 0 Å². The molecule has 0 spiro atoms. The van der Waals surface area contributed by atoms with Crippen LogP contribution in [-0.4, -0.2) is 11.5 Å². The van der Waals surface area contributed by atoms with Crippen molar-refractivity contribution in [2.75, 3.05) is 6.54 Å². The maximum Gasteiger partial charge on any atom is 0.109 e. The zero-order chi connectivity index (χ0) is 11.6. The van der Waals surface area contributed by atoms with Crippen molar-refractivity contribution in [2.45, 2.75) is 58.4 Å². The molecule has 0 aromatic carbocycles. The maximum atomic E-state index is 4.37. The van der Waals surface area contributed by atoms with E-state index >= 15 is 0 Å². The monoisotopic (exact) mass is 240 g/mol. The average molecular weight is 240 g/mol. The van der Waals surface area contributed by atoms with E-state index in [1.165, 1.54) is 37.1 Å². The number of thiazole rings is 1. The first-order valence-electron chi connectivity index (χ1n) is 6.51. The van der Waals surface area contributed by atoms with Crippen LogP contribution < -0.4 is 5.32 Å². The van der Waals surface area contributed by atoms with Gasteiger partial charge in [-0.15, -0.1) is 11.3 Å². The van der Waals surface area contributed by atoms with Gasteiger partial charge in [-0.25, -0.2) is 4.98 Å². The minimum absolute atomic E-state index is 0.464. The van der Waals surface area contributed by atoms with Gasteiger partial charge in [-0.3, -0.25) is 0 Å². The SMILES string of the molecule is CCCCCCCNC(CC)c1nccs1. The quantitative estimate of drug-likeness (QED) is 0.656. The molecule has 3 heteroatoms. The fourth-order valence-electron chi connectivity index (χ4n) is 1.82. The molecule has 0 radical (unpaired) electrons. The van der Waals surface area contributed by atoms with E-state index in [4.69, 9.17) is 0 Å². The normalized spacial score (nSPS) is 12.9. The first kappa shape index (κ1) is 13.7. The highest BCUT2D eigenvalue weighted by Gasteiger charge is 2.09. The van der Waals surface area contributed by atoms with Crippen LogP contribution in [0, 0.1) is 0 Å². The average Bonchev–Trinajstić information content (AvgIpc) is 2.82. The van der Waals surface area contributed by atoms with Gasteiger partial charge in [-0.1, -0.05) is 39.5 Å². The molecule has 0 saturated heterocycles. The molecule has 0 bridgehead atoms. The zero-order valence-corrected chi connectivity index (χ0v) is 11.4. The molecule has 92 valence electrons. The highest BCUT2D eigenvalue weighted by molar-refractivity contribution is 7.09. The molecule has 0 aliphatic carbocycles. The van der Waals surface area contributed by atoms with Crippen LogP contribution in [-0.2, 0) is 0 Å². The molecule has 1 heterocycles. The summed E-state index contributed by atoms with van der Waals surface area (Å²) in [6, 6.07) is 0.464. The number of hydrogen-bond acceptors (Lipinski definition) is 3. The van der Waals surface area contributed by atoms with E-state index in [0.29, 0.717) is 6.04 Å². The van der Waals surface area contributed by atoms with Gasteiger partial charge in [-0.05, 0) is 19.4 Å². The van der Waals surface area contributed by atoms with Crippen molar-refractivity contribution in [1.82, 2.24) is 10.3 Å². The predicted molar refractivity (Wildman–Crippen MR) is 71.9 cm³/mol. The van der Waals surface area contributed by atoms with Crippen LogP contribution in [0.2, 0.25) is 0 Å². The number of nitrogens with one attached hydrogen (secondary N) is 1. The van der Waals surface area contributed by atoms with Crippen LogP contribution in [0.5, 0.6) is 0 Å². The van der Waals surface area contributed by atoms with Gasteiger partial charge in [0, 0.05) is 11.6 Å². The maximum absolute atomic E-state index is 4.37. The lowest BCUT2D eigenvalue weighted by atomic mass is 10.1. The van der Waals surface area contributed by atoms with E-state index in [1.807, 2.05) is 6.20 Å². The third-order valence-corrected chi connectivity index (χ3v) is 3.72. The summed E-state index contributed by atoms with van der Waals surface area (Å²) in [6.07, 6.45) is 9.76. The van der Waals surface area contributed by atoms with Gasteiger partial charge in [0.15, 0.2) is 0 Å². The summed E-state index contributed by atoms with van der Waals surface area (Å²) in [6.45, 7) is 5.60. The predicted octanol–water partition coefficient (Wildman–Crippen LogP) is 4.15. The highest BCUT2D eigenvalue weighted by atomic mass is 32.1. The first-order valence-corrected chi connectivity index (χ1v) is 7.39. The lowest BCUT2D eigenvalue weighted by molar-refractivity contribution is 0.493. The summed E-state index contributed by atoms with van der Waals surface area (Å²) in [5.74, 6) is 0. The third kappa shape index (κ3) is 5.08. The molecule has 1 aromatic rings. The Balaban J connectivity index is 2.11. The number of nitrogens with zero attached hydrogens (tertiary/aromatic N) is 1. The zero-order valence-electron chi connectivity index (χ0n) is 10.5. The fraction of sp³-hybridized carbons (Fsp3) is 0.769. The Hall–Kier alpha value is -0.410. The molecule has 2 nitrogen and oxygen atoms in total. The molecule has 1 atom stereocenters. The second-order valence-corrected chi connectivity index (χ2v) is 5.13. The van der Waals surface area contributed by atoms with Crippen LogP contribution in [0.1, 0.15) is 63.4 Å². The van der Waals surface area contributed by atoms with Crippen LogP contribution in [0.3, 0.4) is 0 Å². The fourth-order valence-corrected chi connectivity index (χ4v) is 2.61. The van der Waals surface area contributed by atoms with Crippen molar-refractivity contribution in [3.8, 4) is 0 Å². The molecule has 0 aliphatic rings. The van der Waals surface area contributed by atoms with Gasteiger partial charge in [0.25, 0.3) is 0 Å². The van der Waals surface area contributed by atoms with Gasteiger partial charge >= 0.3 is 0 Å². The second-order valence-electron chi connectivity index (χ2n) is 4.20. The molecule has 0 amide bonds. The van der Waals surface area contributed by atoms with Gasteiger partial charge in [-0.2, -0.15) is 0 Å². The van der Waals surface area contributed by atoms with Crippen LogP contribution >= 0.6 is 11.3 Å². The van der Waals surface area contributed by atoms with E-state index < -0.39 is 0 Å². The largest absolute Gasteiger partial charge is 0.308 e. The van der Waals surface area contributed by atoms with E-state index in [2.05, 4.69) is 29.5 Å². The summed E-state index contributed by atoms with van der Waals surface area (Å²) in [4.78, 5) is 4.37. The summed E-state index contributed by atoms with van der Waals surface area (Å²) in [7, 11) is 0. The van der Waals surface area contributed by atoms with Crippen molar-refractivity contribution < 1.29 is 0 Å². The lowest BCUT2D eigenvalue weighted by Crippen LogP contribution is -2.21. The summed E-state index contributed by atoms with van der Waals surface area (Å²) < 4.78 is 0. The van der Waals surface area contributed by atoms with E-state index in [-0.39, 0.29) is 0 Å². The van der Waals surface area contributed by atoms with Crippen molar-refractivity contribution in [2.24, 2.45) is 0 Å². The van der Waals surface area contributed by atoms with E-state index in [9.17, 15) is 0 Å². The van der Waals surface area contributed by atoms with Gasteiger partial charge < -0.3 is 5.32 Å². The van der Waals surface area contributed by atoms with E-state index in [0.717, 1.165) is 13.0 Å². The Kier molecular flexibility index (Phi) is 7.43. The number of rotatable bonds is 9. The van der Waals surface area contributed by atoms with Gasteiger partial charge in [0.2, 0.25) is 0 Å². The summed E-state index contributed by atoms with van der Waals surface area (Å²) >= 11 is 1.75. The molecule has 1 rings (SSSR count). The molecule has 16 heavy (non-hydrogen) atoms. The standard InChI is InChI=1S/C13H24N2S/c1-3-5-6-7-8-9-14-12(4-2)13-15-10-11-16-13/h10-12,14H,3-9H2,1-2H3. The minimum atomic E-state index is 0.464. The molecule has 0 fully saturated rings. The number of hydrogen-bond donors (Lipinski definition) is 1. The van der Waals surface area contributed by atoms with Crippen LogP contribution in [0.4, 0.5) is 0 Å². The van der Waals surface area contributed by atoms with E-state index in [1.54, 1.807) is 11.3 Å². The van der Waals surface area contributed by atoms with Crippen molar-refractivity contribution >= 4 is 11.3 Å². The molecule has 1 N–H and O–H groups in total. The Morgan fingerprint density at radius 3 is 2.69 bits per heavy atom. The Morgan fingerprint density at radius 2 is 2.06 bits per heavy atom. The Morgan fingerprint density at radius 1 is 1.25 bits per heavy atom. The molecule has 0 saturated carbocycles. The first-order chi connectivity index (χ1) is 7.88. The summed E-state index contributed by atoms with van der Waals surface area (Å²) in [5, 5.41) is 6.89. The Bertz CT molecular complexity index is 246. The Labute approximate surface area is 103 Å². The molecule has 1 aromatic heterocycles. The summed E-state index contributed by atoms with van der Waals surface area (Å²) in [5.41, 5.74) is 0. The van der Waals surface area contributed by atoms with Crippen molar-refractivity contribution in [1.29, 1.82) is 0 Å². The van der Waals surface area contributed by atoms with Gasteiger partial charge in [0.1, 0.15) is 5.01 Å². The van der Waals surface area contributed by atoms with Crippen molar-refractivity contribution in [3.63, 3.8) is 0 Å². The van der Waals surface area contributed by atoms with Crippen molar-refractivity contribution in [3.05, 3.63) is 16.6 Å². The lowest BCUT2D eigenvalue weighted by Gasteiger charge is -2.13.